The molecule has 0 amide bonds. The summed E-state index contributed by atoms with van der Waals surface area (Å²) in [5.74, 6) is 0.822. The minimum Gasteiger partial charge on any atom is -0.469 e. The fourth-order valence-corrected chi connectivity index (χ4v) is 2.90. The van der Waals surface area contributed by atoms with E-state index in [9.17, 15) is 0 Å². The summed E-state index contributed by atoms with van der Waals surface area (Å²) in [6, 6.07) is 9.94. The van der Waals surface area contributed by atoms with Crippen LogP contribution in [0.3, 0.4) is 0 Å². The molecule has 1 atom stereocenters. The van der Waals surface area contributed by atoms with E-state index in [1.807, 2.05) is 50.5 Å². The van der Waals surface area contributed by atoms with Crippen LogP contribution in [-0.4, -0.2) is 24.7 Å². The summed E-state index contributed by atoms with van der Waals surface area (Å²) in [6.45, 7) is 1.97. The molecule has 26 heavy (non-hydrogen) atoms. The molecule has 7 nitrogen and oxygen atoms in total. The number of halogens is 1. The Morgan fingerprint density at radius 3 is 2.77 bits per heavy atom. The lowest BCUT2D eigenvalue weighted by atomic mass is 10.1. The summed E-state index contributed by atoms with van der Waals surface area (Å²) in [4.78, 5) is 12.0. The number of nitrogens with one attached hydrogen (secondary N) is 2. The van der Waals surface area contributed by atoms with Gasteiger partial charge in [-0.2, -0.15) is 15.1 Å². The number of hydrogen-bond donors (Lipinski definition) is 2. The average Bonchev–Trinajstić information content (AvgIpc) is 3.21. The third-order valence-electron chi connectivity index (χ3n) is 3.97. The third-order valence-corrected chi connectivity index (χ3v) is 4.27. The second-order valence-corrected chi connectivity index (χ2v) is 6.32. The molecule has 0 fully saturated rings. The van der Waals surface area contributed by atoms with Crippen molar-refractivity contribution in [1.82, 2.24) is 24.7 Å². The first-order chi connectivity index (χ1) is 12.6. The molecule has 1 aromatic carbocycles. The Balaban J connectivity index is 1.70. The fourth-order valence-electron chi connectivity index (χ4n) is 2.68. The van der Waals surface area contributed by atoms with E-state index in [1.165, 1.54) is 0 Å². The second kappa shape index (κ2) is 6.68. The third kappa shape index (κ3) is 3.21. The zero-order chi connectivity index (χ0) is 18.1. The van der Waals surface area contributed by atoms with Gasteiger partial charge in [-0.1, -0.05) is 41.9 Å². The molecule has 0 saturated heterocycles. The number of anilines is 2. The molecule has 3 heterocycles. The zero-order valence-electron chi connectivity index (χ0n) is 14.3. The summed E-state index contributed by atoms with van der Waals surface area (Å²) < 4.78 is 7.82. The molecule has 3 aromatic heterocycles. The Morgan fingerprint density at radius 2 is 2.04 bits per heavy atom. The van der Waals surface area contributed by atoms with Gasteiger partial charge in [-0.15, -0.1) is 0 Å². The highest BCUT2D eigenvalue weighted by Gasteiger charge is 2.17. The first kappa shape index (κ1) is 16.4. The van der Waals surface area contributed by atoms with Gasteiger partial charge in [0.25, 0.3) is 0 Å². The van der Waals surface area contributed by atoms with E-state index >= 15 is 0 Å². The van der Waals surface area contributed by atoms with Crippen LogP contribution in [0.1, 0.15) is 18.6 Å². The Hall–Kier alpha value is -3.06. The number of H-pyrrole nitrogens is 1. The van der Waals surface area contributed by atoms with Crippen LogP contribution >= 0.6 is 11.6 Å². The van der Waals surface area contributed by atoms with Crippen LogP contribution in [-0.2, 0) is 7.05 Å². The van der Waals surface area contributed by atoms with Gasteiger partial charge in [-0.3, -0.25) is 4.68 Å². The maximum Gasteiger partial charge on any atom is 0.232 e. The van der Waals surface area contributed by atoms with E-state index in [1.54, 1.807) is 17.1 Å². The number of nitrogens with zero attached hydrogens (tertiary/aromatic N) is 4. The largest absolute Gasteiger partial charge is 0.469 e. The average molecular weight is 369 g/mol. The summed E-state index contributed by atoms with van der Waals surface area (Å²) in [6.07, 6.45) is 5.02. The lowest BCUT2D eigenvalue weighted by Crippen LogP contribution is -2.06. The molecule has 0 aliphatic rings. The SMILES string of the molecule is CC(Oc1nc(Nc2cnn(C)c2)nc2[nH]cc(Cl)c12)c1ccccc1. The highest BCUT2D eigenvalue weighted by atomic mass is 35.5. The van der Waals surface area contributed by atoms with Gasteiger partial charge in [0.15, 0.2) is 0 Å². The van der Waals surface area contributed by atoms with Gasteiger partial charge in [0.2, 0.25) is 11.8 Å². The van der Waals surface area contributed by atoms with Gasteiger partial charge in [-0.05, 0) is 12.5 Å². The minimum absolute atomic E-state index is 0.188. The van der Waals surface area contributed by atoms with E-state index in [0.717, 1.165) is 11.3 Å². The van der Waals surface area contributed by atoms with Crippen LogP contribution in [0.2, 0.25) is 5.02 Å². The lowest BCUT2D eigenvalue weighted by Gasteiger charge is -2.15. The fraction of sp³-hybridized carbons (Fsp3) is 0.167. The van der Waals surface area contributed by atoms with Crippen molar-refractivity contribution in [2.45, 2.75) is 13.0 Å². The molecule has 0 aliphatic heterocycles. The first-order valence-corrected chi connectivity index (χ1v) is 8.50. The number of hydrogen-bond acceptors (Lipinski definition) is 5. The highest BCUT2D eigenvalue weighted by molar-refractivity contribution is 6.35. The van der Waals surface area contributed by atoms with Crippen molar-refractivity contribution >= 4 is 34.3 Å². The number of aromatic nitrogens is 5. The van der Waals surface area contributed by atoms with Crippen LogP contribution in [0.25, 0.3) is 11.0 Å². The van der Waals surface area contributed by atoms with Crippen LogP contribution in [0.4, 0.5) is 11.6 Å². The molecule has 4 aromatic rings. The molecule has 2 N–H and O–H groups in total. The summed E-state index contributed by atoms with van der Waals surface area (Å²) in [5.41, 5.74) is 2.44. The van der Waals surface area contributed by atoms with Gasteiger partial charge >= 0.3 is 0 Å². The van der Waals surface area contributed by atoms with Crippen LogP contribution in [0.5, 0.6) is 5.88 Å². The lowest BCUT2D eigenvalue weighted by molar-refractivity contribution is 0.221. The first-order valence-electron chi connectivity index (χ1n) is 8.12. The van der Waals surface area contributed by atoms with Crippen molar-refractivity contribution in [3.05, 3.63) is 59.5 Å². The van der Waals surface area contributed by atoms with Gasteiger partial charge in [0.05, 0.1) is 22.3 Å². The van der Waals surface area contributed by atoms with Crippen molar-refractivity contribution in [3.63, 3.8) is 0 Å². The number of ether oxygens (including phenoxy) is 1. The van der Waals surface area contributed by atoms with Gasteiger partial charge in [0, 0.05) is 19.4 Å². The van der Waals surface area contributed by atoms with Crippen molar-refractivity contribution < 1.29 is 4.74 Å². The minimum atomic E-state index is -0.188. The standard InChI is InChI=1S/C18H17ClN6O/c1-11(12-6-4-3-5-7-12)26-17-15-14(19)9-20-16(15)23-18(24-17)22-13-8-21-25(2)10-13/h3-11H,1-2H3,(H2,20,22,23,24). The van der Waals surface area contributed by atoms with Crippen molar-refractivity contribution in [2.75, 3.05) is 5.32 Å². The molecule has 0 radical (unpaired) electrons. The highest BCUT2D eigenvalue weighted by Crippen LogP contribution is 2.33. The molecule has 0 spiro atoms. The Kier molecular flexibility index (Phi) is 4.22. The van der Waals surface area contributed by atoms with E-state index in [0.29, 0.717) is 27.9 Å². The predicted octanol–water partition coefficient (Wildman–Crippen LogP) is 4.23. The monoisotopic (exact) mass is 368 g/mol. The molecular formula is C18H17ClN6O. The Labute approximate surface area is 155 Å². The number of aryl methyl sites for hydroxylation is 1. The molecule has 8 heteroatoms. The summed E-state index contributed by atoms with van der Waals surface area (Å²) in [5, 5.41) is 8.43. The number of rotatable bonds is 5. The van der Waals surface area contributed by atoms with Gasteiger partial charge in [0.1, 0.15) is 11.8 Å². The topological polar surface area (TPSA) is 80.7 Å². The van der Waals surface area contributed by atoms with E-state index in [4.69, 9.17) is 16.3 Å². The summed E-state index contributed by atoms with van der Waals surface area (Å²) >= 11 is 6.30. The van der Waals surface area contributed by atoms with E-state index in [-0.39, 0.29) is 6.10 Å². The normalized spacial score (nSPS) is 12.3. The van der Waals surface area contributed by atoms with Crippen LogP contribution in [0, 0.1) is 0 Å². The zero-order valence-corrected chi connectivity index (χ0v) is 15.0. The Morgan fingerprint density at radius 1 is 1.23 bits per heavy atom. The molecular weight excluding hydrogens is 352 g/mol. The van der Waals surface area contributed by atoms with E-state index in [2.05, 4.69) is 25.4 Å². The van der Waals surface area contributed by atoms with Crippen molar-refractivity contribution in [1.29, 1.82) is 0 Å². The van der Waals surface area contributed by atoms with Crippen LogP contribution in [0.15, 0.2) is 48.9 Å². The van der Waals surface area contributed by atoms with Crippen LogP contribution < -0.4 is 10.1 Å². The molecule has 132 valence electrons. The van der Waals surface area contributed by atoms with Crippen molar-refractivity contribution in [3.8, 4) is 5.88 Å². The maximum absolute atomic E-state index is 6.30. The maximum atomic E-state index is 6.30. The summed E-state index contributed by atoms with van der Waals surface area (Å²) in [7, 11) is 1.84. The quantitative estimate of drug-likeness (QED) is 0.551. The Bertz CT molecular complexity index is 1040. The predicted molar refractivity (Wildman–Crippen MR) is 101 cm³/mol. The molecule has 0 bridgehead atoms. The molecule has 4 rings (SSSR count). The van der Waals surface area contributed by atoms with Gasteiger partial charge < -0.3 is 15.0 Å². The molecule has 0 aliphatic carbocycles. The number of aromatic amines is 1. The number of benzene rings is 1. The number of fused-ring (bicyclic) bond motifs is 1. The van der Waals surface area contributed by atoms with Gasteiger partial charge in [-0.25, -0.2) is 0 Å². The molecule has 1 unspecified atom stereocenters. The molecule has 0 saturated carbocycles. The smallest absolute Gasteiger partial charge is 0.232 e. The second-order valence-electron chi connectivity index (χ2n) is 5.91. The van der Waals surface area contributed by atoms with Crippen molar-refractivity contribution in [2.24, 2.45) is 7.05 Å². The van der Waals surface area contributed by atoms with E-state index < -0.39 is 0 Å².